The third-order valence-electron chi connectivity index (χ3n) is 9.07. The Hall–Kier alpha value is -2.42. The Labute approximate surface area is 255 Å². The number of hydrogen-bond donors (Lipinski definition) is 1. The van der Waals surface area contributed by atoms with Crippen LogP contribution in [0, 0.1) is 11.3 Å². The van der Waals surface area contributed by atoms with Crippen LogP contribution in [0.25, 0.3) is 0 Å². The molecule has 240 valence electrons. The van der Waals surface area contributed by atoms with Crippen molar-refractivity contribution in [2.75, 3.05) is 27.2 Å². The number of rotatable bonds is 10. The molecule has 1 unspecified atom stereocenters. The second kappa shape index (κ2) is 14.8. The van der Waals surface area contributed by atoms with Gasteiger partial charge in [-0.1, -0.05) is 47.1 Å². The third kappa shape index (κ3) is 8.57. The highest BCUT2D eigenvalue weighted by molar-refractivity contribution is 5.97. The summed E-state index contributed by atoms with van der Waals surface area (Å²) in [6, 6.07) is -1.48. The van der Waals surface area contributed by atoms with Crippen LogP contribution in [0.2, 0.25) is 0 Å². The third-order valence-corrected chi connectivity index (χ3v) is 9.07. The number of likely N-dealkylation sites (tertiary alicyclic amines) is 2. The molecule has 1 N–H and O–H groups in total. The van der Waals surface area contributed by atoms with Crippen molar-refractivity contribution in [1.82, 2.24) is 24.9 Å². The van der Waals surface area contributed by atoms with Gasteiger partial charge in [0.25, 0.3) is 0 Å². The summed E-state index contributed by atoms with van der Waals surface area (Å²) in [7, 11) is 3.54. The van der Waals surface area contributed by atoms with Crippen LogP contribution in [0.3, 0.4) is 0 Å². The van der Waals surface area contributed by atoms with Crippen LogP contribution >= 0.6 is 0 Å². The van der Waals surface area contributed by atoms with Gasteiger partial charge in [-0.3, -0.25) is 24.1 Å². The molecule has 2 heterocycles. The molecule has 2 aliphatic heterocycles. The molecule has 0 aromatic rings. The maximum absolute atomic E-state index is 14.1. The van der Waals surface area contributed by atoms with Crippen LogP contribution in [0.4, 0.5) is 0 Å². The van der Waals surface area contributed by atoms with E-state index in [1.807, 2.05) is 54.5 Å². The summed E-state index contributed by atoms with van der Waals surface area (Å²) in [5, 5.41) is 3.13. The van der Waals surface area contributed by atoms with Gasteiger partial charge in [0.15, 0.2) is 0 Å². The van der Waals surface area contributed by atoms with Crippen LogP contribution in [0.5, 0.6) is 0 Å². The normalized spacial score (nSPS) is 22.0. The topological polar surface area (TPSA) is 93.3 Å². The summed E-state index contributed by atoms with van der Waals surface area (Å²) in [6.07, 6.45) is 6.17. The van der Waals surface area contributed by atoms with Crippen LogP contribution in [0.15, 0.2) is 11.6 Å². The Morgan fingerprint density at radius 3 is 1.98 bits per heavy atom. The first-order chi connectivity index (χ1) is 19.4. The van der Waals surface area contributed by atoms with Crippen molar-refractivity contribution in [1.29, 1.82) is 0 Å². The molecular formula is C33H59N5O4. The van der Waals surface area contributed by atoms with Crippen LogP contribution < -0.4 is 5.32 Å². The summed E-state index contributed by atoms with van der Waals surface area (Å²) < 4.78 is 0. The first-order valence-electron chi connectivity index (χ1n) is 16.0. The Morgan fingerprint density at radius 2 is 1.45 bits per heavy atom. The SMILES string of the molecule is CC(=CC(C(C)C)N(C)C(=O)[C@@H](NC(=O)[C@H]1CCCCN1C(C)C)C(C)(C)C)C(=O)N1CCC[C@H]1C(=O)N(C)C(C)C. The van der Waals surface area contributed by atoms with Gasteiger partial charge < -0.3 is 20.0 Å². The first kappa shape index (κ1) is 35.8. The van der Waals surface area contributed by atoms with Gasteiger partial charge in [0, 0.05) is 38.3 Å². The molecule has 0 spiro atoms. The number of nitrogens with zero attached hydrogens (tertiary/aromatic N) is 4. The number of hydrogen-bond acceptors (Lipinski definition) is 5. The zero-order chi connectivity index (χ0) is 32.1. The highest BCUT2D eigenvalue weighted by atomic mass is 16.2. The highest BCUT2D eigenvalue weighted by Crippen LogP contribution is 2.27. The largest absolute Gasteiger partial charge is 0.342 e. The molecule has 9 nitrogen and oxygen atoms in total. The van der Waals surface area contributed by atoms with E-state index in [4.69, 9.17) is 0 Å². The highest BCUT2D eigenvalue weighted by Gasteiger charge is 2.41. The van der Waals surface area contributed by atoms with Crippen LogP contribution in [-0.4, -0.2) is 107 Å². The molecule has 0 aromatic heterocycles. The number of likely N-dealkylation sites (N-methyl/N-ethyl adjacent to an activating group) is 2. The smallest absolute Gasteiger partial charge is 0.249 e. The van der Waals surface area contributed by atoms with E-state index in [-0.39, 0.29) is 53.7 Å². The standard InChI is InChI=1S/C33H59N5O4/c1-21(2)27(20-24(7)30(40)38-19-15-17-26(38)31(41)35(11)22(3)4)36(12)32(42)28(33(8,9)10)34-29(39)25-16-13-14-18-37(25)23(5)6/h20-23,25-28H,13-19H2,1-12H3,(H,34,39)/t25-,26+,27?,28-/m1/s1. The molecule has 2 fully saturated rings. The van der Waals surface area contributed by atoms with Gasteiger partial charge in [0.2, 0.25) is 23.6 Å². The summed E-state index contributed by atoms with van der Waals surface area (Å²) >= 11 is 0. The molecule has 0 saturated carbocycles. The van der Waals surface area contributed by atoms with Crippen molar-refractivity contribution in [3.05, 3.63) is 11.6 Å². The lowest BCUT2D eigenvalue weighted by atomic mass is 9.84. The molecule has 0 aromatic carbocycles. The van der Waals surface area contributed by atoms with E-state index >= 15 is 0 Å². The maximum Gasteiger partial charge on any atom is 0.249 e. The molecule has 0 aliphatic carbocycles. The zero-order valence-corrected chi connectivity index (χ0v) is 28.5. The average molecular weight is 590 g/mol. The van der Waals surface area contributed by atoms with E-state index < -0.39 is 17.5 Å². The fraction of sp³-hybridized carbons (Fsp3) is 0.818. The van der Waals surface area contributed by atoms with E-state index in [9.17, 15) is 19.2 Å². The Bertz CT molecular complexity index is 999. The van der Waals surface area contributed by atoms with Gasteiger partial charge in [-0.15, -0.1) is 0 Å². The van der Waals surface area contributed by atoms with Crippen LogP contribution in [0.1, 0.15) is 101 Å². The quantitative estimate of drug-likeness (QED) is 0.388. The number of amides is 4. The van der Waals surface area contributed by atoms with Gasteiger partial charge in [0.1, 0.15) is 12.1 Å². The van der Waals surface area contributed by atoms with E-state index in [0.717, 1.165) is 32.2 Å². The van der Waals surface area contributed by atoms with Crippen molar-refractivity contribution in [2.45, 2.75) is 138 Å². The number of nitrogens with one attached hydrogen (secondary N) is 1. The molecule has 9 heteroatoms. The Morgan fingerprint density at radius 1 is 0.857 bits per heavy atom. The molecule has 2 saturated heterocycles. The summed E-state index contributed by atoms with van der Waals surface area (Å²) in [4.78, 5) is 61.7. The molecular weight excluding hydrogens is 530 g/mol. The van der Waals surface area contributed by atoms with Crippen molar-refractivity contribution in [2.24, 2.45) is 11.3 Å². The van der Waals surface area contributed by atoms with Crippen molar-refractivity contribution in [3.63, 3.8) is 0 Å². The number of carbonyl (C=O) groups excluding carboxylic acids is 4. The molecule has 0 bridgehead atoms. The lowest BCUT2D eigenvalue weighted by molar-refractivity contribution is -0.142. The minimum absolute atomic E-state index is 0.0240. The number of carbonyl (C=O) groups is 4. The lowest BCUT2D eigenvalue weighted by Gasteiger charge is -2.41. The van der Waals surface area contributed by atoms with E-state index in [0.29, 0.717) is 18.5 Å². The van der Waals surface area contributed by atoms with Crippen molar-refractivity contribution < 1.29 is 19.2 Å². The molecule has 2 rings (SSSR count). The van der Waals surface area contributed by atoms with Crippen molar-refractivity contribution in [3.8, 4) is 0 Å². The first-order valence-corrected chi connectivity index (χ1v) is 16.0. The van der Waals surface area contributed by atoms with E-state index in [1.54, 1.807) is 35.7 Å². The minimum Gasteiger partial charge on any atom is -0.342 e. The second-order valence-corrected chi connectivity index (χ2v) is 14.4. The molecule has 42 heavy (non-hydrogen) atoms. The van der Waals surface area contributed by atoms with Crippen LogP contribution in [-0.2, 0) is 19.2 Å². The Kier molecular flexibility index (Phi) is 12.6. The van der Waals surface area contributed by atoms with Gasteiger partial charge in [-0.25, -0.2) is 0 Å². The maximum atomic E-state index is 14.1. The summed E-state index contributed by atoms with van der Waals surface area (Å²) in [5.74, 6) is -0.443. The van der Waals surface area contributed by atoms with Gasteiger partial charge in [-0.2, -0.15) is 0 Å². The zero-order valence-electron chi connectivity index (χ0n) is 28.5. The fourth-order valence-electron chi connectivity index (χ4n) is 6.15. The molecule has 0 radical (unpaired) electrons. The molecule has 4 atom stereocenters. The van der Waals surface area contributed by atoms with E-state index in [2.05, 4.69) is 24.1 Å². The average Bonchev–Trinajstić information content (AvgIpc) is 3.41. The number of piperidine rings is 1. The van der Waals surface area contributed by atoms with Gasteiger partial charge in [0.05, 0.1) is 12.1 Å². The monoisotopic (exact) mass is 589 g/mol. The van der Waals surface area contributed by atoms with E-state index in [1.165, 1.54) is 0 Å². The minimum atomic E-state index is -0.719. The second-order valence-electron chi connectivity index (χ2n) is 14.4. The predicted molar refractivity (Wildman–Crippen MR) is 169 cm³/mol. The van der Waals surface area contributed by atoms with Crippen molar-refractivity contribution >= 4 is 23.6 Å². The summed E-state index contributed by atoms with van der Waals surface area (Å²) in [5.41, 5.74) is 0.00592. The molecule has 2 aliphatic rings. The summed E-state index contributed by atoms with van der Waals surface area (Å²) in [6.45, 7) is 21.3. The fourth-order valence-corrected chi connectivity index (χ4v) is 6.15. The molecule has 4 amide bonds. The Balaban J connectivity index is 2.28. The van der Waals surface area contributed by atoms with Gasteiger partial charge in [-0.05, 0) is 78.2 Å². The lowest BCUT2D eigenvalue weighted by Crippen LogP contribution is -2.60. The predicted octanol–water partition coefficient (Wildman–Crippen LogP) is 4.07. The van der Waals surface area contributed by atoms with Gasteiger partial charge >= 0.3 is 0 Å².